The zero-order valence-corrected chi connectivity index (χ0v) is 11.3. The maximum absolute atomic E-state index is 12.9. The lowest BCUT2D eigenvalue weighted by molar-refractivity contribution is 0.468. The Hall–Kier alpha value is -1.18. The highest BCUT2D eigenvalue weighted by molar-refractivity contribution is 7.90. The molecule has 1 aromatic rings. The number of nitrogens with zero attached hydrogens (tertiary/aromatic N) is 1. The topological polar surface area (TPSA) is 75.4 Å². The maximum Gasteiger partial charge on any atom is 0.301 e. The first kappa shape index (κ1) is 14.9. The van der Waals surface area contributed by atoms with E-state index in [4.69, 9.17) is 5.73 Å². The third-order valence-corrected chi connectivity index (χ3v) is 4.00. The van der Waals surface area contributed by atoms with Crippen LogP contribution in [-0.2, 0) is 10.2 Å². The van der Waals surface area contributed by atoms with Crippen LogP contribution >= 0.6 is 0 Å². The molecular weight excluding hydrogens is 257 g/mol. The summed E-state index contributed by atoms with van der Waals surface area (Å²) >= 11 is 0. The molecule has 0 amide bonds. The monoisotopic (exact) mass is 275 g/mol. The summed E-state index contributed by atoms with van der Waals surface area (Å²) in [6.07, 6.45) is 0.583. The Morgan fingerprint density at radius 2 is 2.11 bits per heavy atom. The molecule has 0 aliphatic heterocycles. The molecule has 0 aromatic heterocycles. The summed E-state index contributed by atoms with van der Waals surface area (Å²) in [6.45, 7) is 2.41. The maximum atomic E-state index is 12.9. The largest absolute Gasteiger partial charge is 0.330 e. The van der Waals surface area contributed by atoms with Crippen molar-refractivity contribution < 1.29 is 12.8 Å². The van der Waals surface area contributed by atoms with Gasteiger partial charge in [0.1, 0.15) is 5.82 Å². The van der Waals surface area contributed by atoms with E-state index in [1.165, 1.54) is 29.6 Å². The number of hydrogen-bond donors (Lipinski definition) is 2. The molecular formula is C11H18FN3O2S. The molecule has 18 heavy (non-hydrogen) atoms. The second kappa shape index (κ2) is 6.12. The van der Waals surface area contributed by atoms with Crippen LogP contribution in [0.3, 0.4) is 0 Å². The Kier molecular flexibility index (Phi) is 5.06. The number of aryl methyl sites for hydroxylation is 1. The van der Waals surface area contributed by atoms with Gasteiger partial charge in [-0.05, 0) is 43.7 Å². The van der Waals surface area contributed by atoms with Crippen molar-refractivity contribution in [3.63, 3.8) is 0 Å². The van der Waals surface area contributed by atoms with Gasteiger partial charge in [-0.3, -0.25) is 4.72 Å². The molecule has 0 fully saturated rings. The van der Waals surface area contributed by atoms with Crippen LogP contribution in [0, 0.1) is 12.7 Å². The predicted octanol–water partition coefficient (Wildman–Crippen LogP) is 1.07. The van der Waals surface area contributed by atoms with E-state index in [1.54, 1.807) is 6.92 Å². The van der Waals surface area contributed by atoms with Crippen molar-refractivity contribution in [2.45, 2.75) is 13.3 Å². The average Bonchev–Trinajstić information content (AvgIpc) is 2.29. The van der Waals surface area contributed by atoms with Crippen LogP contribution in [0.2, 0.25) is 0 Å². The minimum absolute atomic E-state index is 0.339. The highest BCUT2D eigenvalue weighted by Crippen LogP contribution is 2.17. The van der Waals surface area contributed by atoms with Crippen molar-refractivity contribution >= 4 is 15.9 Å². The number of rotatable bonds is 6. The van der Waals surface area contributed by atoms with Gasteiger partial charge in [-0.2, -0.15) is 12.7 Å². The summed E-state index contributed by atoms with van der Waals surface area (Å²) in [6, 6.07) is 3.89. The number of hydrogen-bond acceptors (Lipinski definition) is 3. The molecule has 5 nitrogen and oxygen atoms in total. The lowest BCUT2D eigenvalue weighted by Crippen LogP contribution is -2.34. The minimum Gasteiger partial charge on any atom is -0.330 e. The van der Waals surface area contributed by atoms with Crippen LogP contribution in [0.15, 0.2) is 18.2 Å². The SMILES string of the molecule is Cc1cc(F)ccc1NS(=O)(=O)N(C)CCCN. The fourth-order valence-corrected chi connectivity index (χ4v) is 2.42. The standard InChI is InChI=1S/C11H18FN3O2S/c1-9-8-10(12)4-5-11(9)14-18(16,17)15(2)7-3-6-13/h4-5,8,14H,3,6-7,13H2,1-2H3. The number of nitrogens with one attached hydrogen (secondary N) is 1. The van der Waals surface area contributed by atoms with Crippen molar-refractivity contribution in [3.05, 3.63) is 29.6 Å². The van der Waals surface area contributed by atoms with E-state index in [-0.39, 0.29) is 0 Å². The van der Waals surface area contributed by atoms with Crippen molar-refractivity contribution in [3.8, 4) is 0 Å². The number of anilines is 1. The highest BCUT2D eigenvalue weighted by Gasteiger charge is 2.17. The zero-order valence-electron chi connectivity index (χ0n) is 10.5. The highest BCUT2D eigenvalue weighted by atomic mass is 32.2. The fourth-order valence-electron chi connectivity index (χ4n) is 1.39. The van der Waals surface area contributed by atoms with Crippen LogP contribution < -0.4 is 10.5 Å². The van der Waals surface area contributed by atoms with Gasteiger partial charge in [0, 0.05) is 13.6 Å². The second-order valence-electron chi connectivity index (χ2n) is 4.03. The van der Waals surface area contributed by atoms with Crippen LogP contribution in [0.4, 0.5) is 10.1 Å². The summed E-state index contributed by atoms with van der Waals surface area (Å²) in [4.78, 5) is 0. The van der Waals surface area contributed by atoms with E-state index in [9.17, 15) is 12.8 Å². The molecule has 0 saturated heterocycles. The molecule has 0 radical (unpaired) electrons. The molecule has 0 aliphatic rings. The summed E-state index contributed by atoms with van der Waals surface area (Å²) in [5, 5.41) is 0. The van der Waals surface area contributed by atoms with E-state index in [2.05, 4.69) is 4.72 Å². The molecule has 7 heteroatoms. The summed E-state index contributed by atoms with van der Waals surface area (Å²) < 4.78 is 40.3. The van der Waals surface area contributed by atoms with Gasteiger partial charge in [0.15, 0.2) is 0 Å². The molecule has 0 atom stereocenters. The van der Waals surface area contributed by atoms with Gasteiger partial charge >= 0.3 is 10.2 Å². The van der Waals surface area contributed by atoms with Crippen LogP contribution in [-0.4, -0.2) is 32.9 Å². The molecule has 0 aliphatic carbocycles. The van der Waals surface area contributed by atoms with Gasteiger partial charge < -0.3 is 5.73 Å². The van der Waals surface area contributed by atoms with Crippen molar-refractivity contribution in [2.75, 3.05) is 24.9 Å². The molecule has 0 heterocycles. The van der Waals surface area contributed by atoms with Crippen molar-refractivity contribution in [1.29, 1.82) is 0 Å². The smallest absolute Gasteiger partial charge is 0.301 e. The lowest BCUT2D eigenvalue weighted by Gasteiger charge is -2.18. The number of nitrogens with two attached hydrogens (primary N) is 1. The summed E-state index contributed by atoms with van der Waals surface area (Å²) in [7, 11) is -2.15. The fraction of sp³-hybridized carbons (Fsp3) is 0.455. The van der Waals surface area contributed by atoms with Crippen molar-refractivity contribution in [2.24, 2.45) is 5.73 Å². The van der Waals surface area contributed by atoms with Gasteiger partial charge in [0.25, 0.3) is 0 Å². The van der Waals surface area contributed by atoms with E-state index < -0.39 is 16.0 Å². The number of benzene rings is 1. The Bertz CT molecular complexity index is 505. The second-order valence-corrected chi connectivity index (χ2v) is 5.81. The number of halogens is 1. The molecule has 0 bridgehead atoms. The quantitative estimate of drug-likeness (QED) is 0.815. The molecule has 3 N–H and O–H groups in total. The Balaban J connectivity index is 2.82. The molecule has 0 saturated carbocycles. The van der Waals surface area contributed by atoms with Crippen LogP contribution in [0.5, 0.6) is 0 Å². The van der Waals surface area contributed by atoms with Gasteiger partial charge in [-0.25, -0.2) is 4.39 Å². The first-order valence-electron chi connectivity index (χ1n) is 5.57. The minimum atomic E-state index is -3.62. The van der Waals surface area contributed by atoms with Crippen LogP contribution in [0.25, 0.3) is 0 Å². The molecule has 102 valence electrons. The van der Waals surface area contributed by atoms with Gasteiger partial charge in [0.2, 0.25) is 0 Å². The van der Waals surface area contributed by atoms with Crippen LogP contribution in [0.1, 0.15) is 12.0 Å². The Morgan fingerprint density at radius 1 is 1.44 bits per heavy atom. The lowest BCUT2D eigenvalue weighted by atomic mass is 10.2. The third-order valence-electron chi connectivity index (χ3n) is 2.51. The van der Waals surface area contributed by atoms with Crippen molar-refractivity contribution in [1.82, 2.24) is 4.31 Å². The Labute approximate surface area is 107 Å². The molecule has 1 rings (SSSR count). The van der Waals surface area contributed by atoms with Gasteiger partial charge in [-0.15, -0.1) is 0 Å². The van der Waals surface area contributed by atoms with Gasteiger partial charge in [-0.1, -0.05) is 0 Å². The van der Waals surface area contributed by atoms with E-state index in [1.807, 2.05) is 0 Å². The molecule has 0 unspecified atom stereocenters. The third kappa shape index (κ3) is 3.94. The zero-order chi connectivity index (χ0) is 13.8. The normalized spacial score (nSPS) is 11.8. The first-order valence-corrected chi connectivity index (χ1v) is 7.01. The Morgan fingerprint density at radius 3 is 2.67 bits per heavy atom. The predicted molar refractivity (Wildman–Crippen MR) is 70.0 cm³/mol. The molecule has 1 aromatic carbocycles. The summed E-state index contributed by atoms with van der Waals surface area (Å²) in [5.74, 6) is -0.396. The van der Waals surface area contributed by atoms with E-state index >= 15 is 0 Å². The summed E-state index contributed by atoms with van der Waals surface area (Å²) in [5.41, 5.74) is 6.23. The van der Waals surface area contributed by atoms with E-state index in [0.29, 0.717) is 30.8 Å². The first-order chi connectivity index (χ1) is 8.36. The van der Waals surface area contributed by atoms with E-state index in [0.717, 1.165) is 0 Å². The van der Waals surface area contributed by atoms with Gasteiger partial charge in [0.05, 0.1) is 5.69 Å². The molecule has 0 spiro atoms. The average molecular weight is 275 g/mol.